The molecule has 2 rings (SSSR count). The molecule has 1 fully saturated rings. The van der Waals surface area contributed by atoms with E-state index in [9.17, 15) is 10.1 Å². The summed E-state index contributed by atoms with van der Waals surface area (Å²) in [6.07, 6.45) is 3.66. The van der Waals surface area contributed by atoms with Crippen LogP contribution < -0.4 is 0 Å². The first-order valence-electron chi connectivity index (χ1n) is 7.38. The fourth-order valence-electron chi connectivity index (χ4n) is 2.33. The third kappa shape index (κ3) is 3.92. The van der Waals surface area contributed by atoms with Crippen molar-refractivity contribution in [3.8, 4) is 6.07 Å². The molecule has 1 aliphatic rings. The van der Waals surface area contributed by atoms with Gasteiger partial charge in [-0.2, -0.15) is 5.26 Å². The lowest BCUT2D eigenvalue weighted by Crippen LogP contribution is -2.53. The second-order valence-electron chi connectivity index (χ2n) is 6.26. The van der Waals surface area contributed by atoms with Crippen LogP contribution in [0.25, 0.3) is 0 Å². The van der Waals surface area contributed by atoms with Crippen molar-refractivity contribution >= 4 is 17.9 Å². The molecule has 0 radical (unpaired) electrons. The van der Waals surface area contributed by atoms with Crippen molar-refractivity contribution in [2.45, 2.75) is 55.5 Å². The standard InChI is InChI=1S/C16H21N3O2S/c1-15(2,3)21-14(20)19-11-7-5-9-16(19,12-17)22-13-8-4-6-10-18-13/h4,6,8,10H,5,7,9,11H2,1-3H3. The van der Waals surface area contributed by atoms with Crippen LogP contribution in [0.2, 0.25) is 0 Å². The molecule has 2 heterocycles. The third-order valence-corrected chi connectivity index (χ3v) is 4.59. The monoisotopic (exact) mass is 319 g/mol. The average Bonchev–Trinajstić information content (AvgIpc) is 2.47. The number of pyridine rings is 1. The fraction of sp³-hybridized carbons (Fsp3) is 0.562. The van der Waals surface area contributed by atoms with Gasteiger partial charge < -0.3 is 4.74 Å². The number of hydrogen-bond acceptors (Lipinski definition) is 5. The highest BCUT2D eigenvalue weighted by molar-refractivity contribution is 8.00. The highest BCUT2D eigenvalue weighted by Crippen LogP contribution is 2.42. The van der Waals surface area contributed by atoms with E-state index in [2.05, 4.69) is 11.1 Å². The number of aromatic nitrogens is 1. The Morgan fingerprint density at radius 2 is 2.23 bits per heavy atom. The normalized spacial score (nSPS) is 22.0. The molecule has 0 N–H and O–H groups in total. The molecule has 5 nitrogen and oxygen atoms in total. The molecule has 6 heteroatoms. The van der Waals surface area contributed by atoms with Crippen molar-refractivity contribution in [2.24, 2.45) is 0 Å². The molecule has 0 aliphatic carbocycles. The predicted octanol–water partition coefficient (Wildman–Crippen LogP) is 3.81. The maximum atomic E-state index is 12.5. The maximum Gasteiger partial charge on any atom is 0.412 e. The lowest BCUT2D eigenvalue weighted by molar-refractivity contribution is 0.0117. The van der Waals surface area contributed by atoms with Crippen molar-refractivity contribution in [3.63, 3.8) is 0 Å². The van der Waals surface area contributed by atoms with E-state index in [1.165, 1.54) is 11.8 Å². The van der Waals surface area contributed by atoms with Gasteiger partial charge in [0.15, 0.2) is 4.87 Å². The number of carbonyl (C=O) groups is 1. The summed E-state index contributed by atoms with van der Waals surface area (Å²) in [4.78, 5) is 17.4. The van der Waals surface area contributed by atoms with Crippen LogP contribution in [0.15, 0.2) is 29.4 Å². The molecule has 1 aromatic heterocycles. The van der Waals surface area contributed by atoms with E-state index in [0.717, 1.165) is 17.9 Å². The maximum absolute atomic E-state index is 12.5. The van der Waals surface area contributed by atoms with E-state index in [0.29, 0.717) is 13.0 Å². The Morgan fingerprint density at radius 1 is 1.45 bits per heavy atom. The Bertz CT molecular complexity index is 565. The van der Waals surface area contributed by atoms with E-state index in [-0.39, 0.29) is 0 Å². The number of nitrogens with zero attached hydrogens (tertiary/aromatic N) is 3. The fourth-order valence-corrected chi connectivity index (χ4v) is 3.51. The molecule has 0 saturated carbocycles. The largest absolute Gasteiger partial charge is 0.444 e. The van der Waals surface area contributed by atoms with E-state index >= 15 is 0 Å². The zero-order valence-electron chi connectivity index (χ0n) is 13.2. The predicted molar refractivity (Wildman–Crippen MR) is 85.2 cm³/mol. The van der Waals surface area contributed by atoms with Gasteiger partial charge in [-0.1, -0.05) is 17.8 Å². The molecular formula is C16H21N3O2S. The lowest BCUT2D eigenvalue weighted by Gasteiger charge is -2.41. The molecule has 0 spiro atoms. The minimum Gasteiger partial charge on any atom is -0.444 e. The lowest BCUT2D eigenvalue weighted by atomic mass is 10.0. The summed E-state index contributed by atoms with van der Waals surface area (Å²) in [6.45, 7) is 6.01. The Hall–Kier alpha value is -1.74. The van der Waals surface area contributed by atoms with Crippen LogP contribution in [0.4, 0.5) is 4.79 Å². The summed E-state index contributed by atoms with van der Waals surface area (Å²) in [5.41, 5.74) is -0.578. The number of ether oxygens (including phenoxy) is 1. The van der Waals surface area contributed by atoms with Gasteiger partial charge >= 0.3 is 6.09 Å². The first-order valence-corrected chi connectivity index (χ1v) is 8.20. The molecule has 1 amide bonds. The van der Waals surface area contributed by atoms with E-state index in [4.69, 9.17) is 4.74 Å². The molecule has 0 bridgehead atoms. The summed E-state index contributed by atoms with van der Waals surface area (Å²) in [5.74, 6) is 0. The number of carbonyl (C=O) groups excluding carboxylic acids is 1. The van der Waals surface area contributed by atoms with Gasteiger partial charge in [0.05, 0.1) is 5.03 Å². The third-order valence-electron chi connectivity index (χ3n) is 3.28. The first-order chi connectivity index (χ1) is 10.4. The number of likely N-dealkylation sites (tertiary alicyclic amines) is 1. The molecule has 1 aliphatic heterocycles. The van der Waals surface area contributed by atoms with Crippen molar-refractivity contribution in [1.29, 1.82) is 5.26 Å². The number of hydrogen-bond donors (Lipinski definition) is 0. The molecule has 0 aromatic carbocycles. The van der Waals surface area contributed by atoms with Crippen LogP contribution in [0.3, 0.4) is 0 Å². The smallest absolute Gasteiger partial charge is 0.412 e. The van der Waals surface area contributed by atoms with Crippen molar-refractivity contribution < 1.29 is 9.53 Å². The molecule has 118 valence electrons. The van der Waals surface area contributed by atoms with Gasteiger partial charge in [0, 0.05) is 12.7 Å². The van der Waals surface area contributed by atoms with Crippen molar-refractivity contribution in [1.82, 2.24) is 9.88 Å². The van der Waals surface area contributed by atoms with Crippen LogP contribution >= 0.6 is 11.8 Å². The number of amides is 1. The highest BCUT2D eigenvalue weighted by Gasteiger charge is 2.45. The number of piperidine rings is 1. The first kappa shape index (κ1) is 16.6. The van der Waals surface area contributed by atoms with Gasteiger partial charge in [0.25, 0.3) is 0 Å². The zero-order chi connectivity index (χ0) is 16.2. The van der Waals surface area contributed by atoms with Crippen LogP contribution in [-0.4, -0.2) is 33.0 Å². The second kappa shape index (κ2) is 6.57. The minimum atomic E-state index is -0.949. The van der Waals surface area contributed by atoms with Crippen LogP contribution in [-0.2, 0) is 4.74 Å². The molecule has 1 aromatic rings. The summed E-state index contributed by atoms with van der Waals surface area (Å²) in [6, 6.07) is 7.89. The number of nitriles is 1. The molecular weight excluding hydrogens is 298 g/mol. The second-order valence-corrected chi connectivity index (χ2v) is 7.55. The SMILES string of the molecule is CC(C)(C)OC(=O)N1CCCCC1(C#N)Sc1ccccn1. The molecule has 1 atom stereocenters. The van der Waals surface area contributed by atoms with Gasteiger partial charge in [0.2, 0.25) is 0 Å². The Labute approximate surface area is 135 Å². The summed E-state index contributed by atoms with van der Waals surface area (Å²) in [5, 5.41) is 10.5. The minimum absolute atomic E-state index is 0.433. The Morgan fingerprint density at radius 3 is 2.82 bits per heavy atom. The average molecular weight is 319 g/mol. The van der Waals surface area contributed by atoms with Gasteiger partial charge in [-0.3, -0.25) is 4.90 Å². The van der Waals surface area contributed by atoms with E-state index in [1.807, 2.05) is 39.0 Å². The van der Waals surface area contributed by atoms with Crippen LogP contribution in [0, 0.1) is 11.3 Å². The van der Waals surface area contributed by atoms with Crippen LogP contribution in [0.1, 0.15) is 40.0 Å². The van der Waals surface area contributed by atoms with Crippen LogP contribution in [0.5, 0.6) is 0 Å². The summed E-state index contributed by atoms with van der Waals surface area (Å²) >= 11 is 1.33. The summed E-state index contributed by atoms with van der Waals surface area (Å²) < 4.78 is 5.47. The Kier molecular flexibility index (Phi) is 4.97. The zero-order valence-corrected chi connectivity index (χ0v) is 14.0. The molecule has 22 heavy (non-hydrogen) atoms. The van der Waals surface area contributed by atoms with Gasteiger partial charge in [-0.05, 0) is 52.2 Å². The molecule has 1 saturated heterocycles. The molecule has 1 unspecified atom stereocenters. The van der Waals surface area contributed by atoms with Gasteiger partial charge in [0.1, 0.15) is 11.7 Å². The number of thioether (sulfide) groups is 1. The summed E-state index contributed by atoms with van der Waals surface area (Å²) in [7, 11) is 0. The van der Waals surface area contributed by atoms with Crippen molar-refractivity contribution in [3.05, 3.63) is 24.4 Å². The highest BCUT2D eigenvalue weighted by atomic mass is 32.2. The van der Waals surface area contributed by atoms with E-state index in [1.54, 1.807) is 11.1 Å². The quantitative estimate of drug-likeness (QED) is 0.829. The number of rotatable bonds is 2. The van der Waals surface area contributed by atoms with Crippen molar-refractivity contribution in [2.75, 3.05) is 6.54 Å². The van der Waals surface area contributed by atoms with Gasteiger partial charge in [-0.25, -0.2) is 9.78 Å². The Balaban J connectivity index is 2.25. The van der Waals surface area contributed by atoms with Gasteiger partial charge in [-0.15, -0.1) is 0 Å². The van der Waals surface area contributed by atoms with E-state index < -0.39 is 16.6 Å². The topological polar surface area (TPSA) is 66.2 Å².